The molecule has 0 bridgehead atoms. The highest BCUT2D eigenvalue weighted by molar-refractivity contribution is 6.03. The highest BCUT2D eigenvalue weighted by Crippen LogP contribution is 2.41. The van der Waals surface area contributed by atoms with Gasteiger partial charge in [0.2, 0.25) is 0 Å². The molecule has 0 saturated carbocycles. The van der Waals surface area contributed by atoms with E-state index in [0.29, 0.717) is 17.7 Å². The topological polar surface area (TPSA) is 72.9 Å². The predicted molar refractivity (Wildman–Crippen MR) is 74.3 cm³/mol. The Morgan fingerprint density at radius 3 is 2.38 bits per heavy atom. The van der Waals surface area contributed by atoms with E-state index in [2.05, 4.69) is 0 Å². The lowest BCUT2D eigenvalue weighted by Gasteiger charge is -2.29. The number of methoxy groups -OCH3 is 1. The first kappa shape index (κ1) is 15.5. The van der Waals surface area contributed by atoms with Crippen molar-refractivity contribution in [3.05, 3.63) is 11.3 Å². The van der Waals surface area contributed by atoms with Gasteiger partial charge in [0.15, 0.2) is 5.78 Å². The Bertz CT molecular complexity index is 529. The van der Waals surface area contributed by atoms with Gasteiger partial charge < -0.3 is 9.47 Å². The second-order valence-electron chi connectivity index (χ2n) is 6.49. The fourth-order valence-electron chi connectivity index (χ4n) is 2.75. The lowest BCUT2D eigenvalue weighted by molar-refractivity contribution is -0.145. The summed E-state index contributed by atoms with van der Waals surface area (Å²) in [5.74, 6) is -0.681. The summed E-state index contributed by atoms with van der Waals surface area (Å²) in [6.07, 6.45) is 0.0653. The molecule has 0 aromatic carbocycles. The fraction of sp³-hybridized carbons (Fsp3) is 0.667. The van der Waals surface area contributed by atoms with Crippen molar-refractivity contribution in [1.82, 2.24) is 4.90 Å². The maximum Gasteiger partial charge on any atom is 0.415 e. The van der Waals surface area contributed by atoms with Crippen LogP contribution in [0.4, 0.5) is 4.79 Å². The van der Waals surface area contributed by atoms with Crippen LogP contribution in [0, 0.1) is 5.92 Å². The van der Waals surface area contributed by atoms with Crippen LogP contribution < -0.4 is 0 Å². The molecule has 0 radical (unpaired) electrons. The van der Waals surface area contributed by atoms with Crippen LogP contribution in [0.3, 0.4) is 0 Å². The number of nitrogens with zero attached hydrogens (tertiary/aromatic N) is 1. The number of hydrogen-bond donors (Lipinski definition) is 0. The molecule has 1 aliphatic carbocycles. The van der Waals surface area contributed by atoms with Crippen molar-refractivity contribution < 1.29 is 23.9 Å². The Hall–Kier alpha value is -1.85. The molecule has 1 aliphatic heterocycles. The SMILES string of the molecule is COC(=O)[C@@H]1CC2=C(C[C@H](C)C2=O)N1C(=O)OC(C)(C)C. The van der Waals surface area contributed by atoms with Gasteiger partial charge in [-0.3, -0.25) is 9.69 Å². The van der Waals surface area contributed by atoms with E-state index in [4.69, 9.17) is 9.47 Å². The van der Waals surface area contributed by atoms with Gasteiger partial charge in [-0.1, -0.05) is 6.92 Å². The van der Waals surface area contributed by atoms with E-state index in [9.17, 15) is 14.4 Å². The standard InChI is InChI=1S/C15H21NO5/c1-8-6-10-9(12(8)17)7-11(13(18)20-5)16(10)14(19)21-15(2,3)4/h8,11H,6-7H2,1-5H3/t8-,11-/m0/s1. The third-order valence-corrected chi connectivity index (χ3v) is 3.66. The van der Waals surface area contributed by atoms with E-state index < -0.39 is 23.7 Å². The number of Topliss-reactive ketones (excluding diaryl/α,β-unsaturated/α-hetero) is 1. The van der Waals surface area contributed by atoms with Gasteiger partial charge in [0.1, 0.15) is 11.6 Å². The molecule has 2 aliphatic rings. The van der Waals surface area contributed by atoms with Crippen molar-refractivity contribution in [1.29, 1.82) is 0 Å². The minimum absolute atomic E-state index is 0.00459. The van der Waals surface area contributed by atoms with Crippen LogP contribution in [0.25, 0.3) is 0 Å². The number of hydrogen-bond acceptors (Lipinski definition) is 5. The number of rotatable bonds is 1. The molecule has 0 aromatic rings. The number of carbonyl (C=O) groups is 3. The molecule has 6 nitrogen and oxygen atoms in total. The first-order valence-electron chi connectivity index (χ1n) is 7.02. The monoisotopic (exact) mass is 295 g/mol. The zero-order chi connectivity index (χ0) is 15.9. The molecule has 0 N–H and O–H groups in total. The molecule has 0 aromatic heterocycles. The highest BCUT2D eigenvalue weighted by atomic mass is 16.6. The van der Waals surface area contributed by atoms with Crippen molar-refractivity contribution >= 4 is 17.8 Å². The normalized spacial score (nSPS) is 25.2. The minimum atomic E-state index is -0.800. The van der Waals surface area contributed by atoms with Crippen LogP contribution in [-0.2, 0) is 19.1 Å². The number of ketones is 1. The number of esters is 1. The minimum Gasteiger partial charge on any atom is -0.467 e. The molecular formula is C15H21NO5. The summed E-state index contributed by atoms with van der Waals surface area (Å²) in [6.45, 7) is 7.09. The van der Waals surface area contributed by atoms with Gasteiger partial charge in [0, 0.05) is 23.6 Å². The van der Waals surface area contributed by atoms with Crippen molar-refractivity contribution in [2.24, 2.45) is 5.92 Å². The summed E-state index contributed by atoms with van der Waals surface area (Å²) >= 11 is 0. The number of ether oxygens (including phenoxy) is 2. The van der Waals surface area contributed by atoms with E-state index in [0.717, 1.165) is 0 Å². The van der Waals surface area contributed by atoms with Gasteiger partial charge >= 0.3 is 12.1 Å². The van der Waals surface area contributed by atoms with E-state index >= 15 is 0 Å². The van der Waals surface area contributed by atoms with Crippen molar-refractivity contribution in [3.8, 4) is 0 Å². The van der Waals surface area contributed by atoms with Crippen LogP contribution in [0.2, 0.25) is 0 Å². The summed E-state index contributed by atoms with van der Waals surface area (Å²) in [4.78, 5) is 37.7. The third kappa shape index (κ3) is 2.80. The molecule has 0 saturated heterocycles. The van der Waals surface area contributed by atoms with Crippen LogP contribution in [0.15, 0.2) is 11.3 Å². The van der Waals surface area contributed by atoms with Gasteiger partial charge in [-0.05, 0) is 27.2 Å². The van der Waals surface area contributed by atoms with Gasteiger partial charge in [0.05, 0.1) is 7.11 Å². The van der Waals surface area contributed by atoms with Crippen LogP contribution in [-0.4, -0.2) is 41.5 Å². The van der Waals surface area contributed by atoms with Gasteiger partial charge in [-0.15, -0.1) is 0 Å². The molecule has 0 spiro atoms. The van der Waals surface area contributed by atoms with E-state index in [1.807, 2.05) is 6.92 Å². The number of amides is 1. The van der Waals surface area contributed by atoms with Crippen molar-refractivity contribution in [3.63, 3.8) is 0 Å². The zero-order valence-corrected chi connectivity index (χ0v) is 13.1. The van der Waals surface area contributed by atoms with E-state index in [1.54, 1.807) is 20.8 Å². The highest BCUT2D eigenvalue weighted by Gasteiger charge is 2.48. The summed E-state index contributed by atoms with van der Waals surface area (Å²) in [7, 11) is 1.27. The Morgan fingerprint density at radius 2 is 1.86 bits per heavy atom. The van der Waals surface area contributed by atoms with E-state index in [1.165, 1.54) is 12.0 Å². The summed E-state index contributed by atoms with van der Waals surface area (Å²) in [6, 6.07) is -0.800. The molecule has 2 atom stereocenters. The molecule has 6 heteroatoms. The first-order valence-corrected chi connectivity index (χ1v) is 7.02. The molecule has 116 valence electrons. The molecule has 1 amide bonds. The summed E-state index contributed by atoms with van der Waals surface area (Å²) in [5, 5.41) is 0. The van der Waals surface area contributed by atoms with Crippen LogP contribution >= 0.6 is 0 Å². The molecule has 21 heavy (non-hydrogen) atoms. The average molecular weight is 295 g/mol. The van der Waals surface area contributed by atoms with Gasteiger partial charge in [0.25, 0.3) is 0 Å². The number of carbonyl (C=O) groups excluding carboxylic acids is 3. The van der Waals surface area contributed by atoms with Crippen LogP contribution in [0.5, 0.6) is 0 Å². The molecule has 0 unspecified atom stereocenters. The summed E-state index contributed by atoms with van der Waals surface area (Å²) < 4.78 is 10.1. The van der Waals surface area contributed by atoms with Crippen molar-refractivity contribution in [2.45, 2.75) is 52.2 Å². The molecule has 0 fully saturated rings. The van der Waals surface area contributed by atoms with E-state index in [-0.39, 0.29) is 18.1 Å². The Labute approximate surface area is 124 Å². The number of likely N-dealkylation sites (tertiary alicyclic amines) is 1. The molecule has 2 rings (SSSR count). The quantitative estimate of drug-likeness (QED) is 0.692. The Balaban J connectivity index is 2.31. The largest absolute Gasteiger partial charge is 0.467 e. The average Bonchev–Trinajstić information content (AvgIpc) is 2.85. The molecule has 1 heterocycles. The smallest absolute Gasteiger partial charge is 0.415 e. The third-order valence-electron chi connectivity index (χ3n) is 3.66. The lowest BCUT2D eigenvalue weighted by atomic mass is 10.0. The Morgan fingerprint density at radius 1 is 1.24 bits per heavy atom. The second kappa shape index (κ2) is 5.16. The van der Waals surface area contributed by atoms with Gasteiger partial charge in [-0.2, -0.15) is 0 Å². The van der Waals surface area contributed by atoms with Crippen molar-refractivity contribution in [2.75, 3.05) is 7.11 Å². The Kier molecular flexibility index (Phi) is 3.82. The zero-order valence-electron chi connectivity index (χ0n) is 13.1. The first-order chi connectivity index (χ1) is 9.65. The number of allylic oxidation sites excluding steroid dienone is 1. The maximum atomic E-state index is 12.4. The maximum absolute atomic E-state index is 12.4. The summed E-state index contributed by atoms with van der Waals surface area (Å²) in [5.41, 5.74) is 0.496. The molecular weight excluding hydrogens is 274 g/mol. The van der Waals surface area contributed by atoms with Gasteiger partial charge in [-0.25, -0.2) is 9.59 Å². The predicted octanol–water partition coefficient (Wildman–Crippen LogP) is 2.03. The lowest BCUT2D eigenvalue weighted by Crippen LogP contribution is -2.44. The second-order valence-corrected chi connectivity index (χ2v) is 6.49. The fourth-order valence-corrected chi connectivity index (χ4v) is 2.75. The van der Waals surface area contributed by atoms with Crippen LogP contribution in [0.1, 0.15) is 40.5 Å².